The van der Waals surface area contributed by atoms with Gasteiger partial charge in [0.15, 0.2) is 0 Å². The minimum atomic E-state index is 0.868. The molecule has 0 saturated heterocycles. The van der Waals surface area contributed by atoms with Crippen molar-refractivity contribution in [3.63, 3.8) is 0 Å². The van der Waals surface area contributed by atoms with Crippen LogP contribution in [0.5, 0.6) is 0 Å². The summed E-state index contributed by atoms with van der Waals surface area (Å²) in [6.45, 7) is 4.66. The van der Waals surface area contributed by atoms with Gasteiger partial charge in [-0.1, -0.05) is 274 Å². The van der Waals surface area contributed by atoms with Crippen molar-refractivity contribution in [3.05, 3.63) is 333 Å². The van der Waals surface area contributed by atoms with Crippen molar-refractivity contribution in [2.45, 2.75) is 6.42 Å². The van der Waals surface area contributed by atoms with Crippen LogP contribution in [-0.4, -0.2) is 0 Å². The van der Waals surface area contributed by atoms with Gasteiger partial charge in [-0.25, -0.2) is 0 Å². The second-order valence-electron chi connectivity index (χ2n) is 20.0. The van der Waals surface area contributed by atoms with Gasteiger partial charge in [0.05, 0.1) is 17.1 Å². The molecule has 0 aliphatic rings. The van der Waals surface area contributed by atoms with Crippen LogP contribution in [-0.2, 0) is 6.42 Å². The first-order valence-corrected chi connectivity index (χ1v) is 27.2. The number of hydrogen-bond donors (Lipinski definition) is 0. The zero-order valence-electron chi connectivity index (χ0n) is 43.8. The van der Waals surface area contributed by atoms with Crippen molar-refractivity contribution in [2.75, 3.05) is 9.80 Å². The number of nitrogens with zero attached hydrogens (tertiary/aromatic N) is 2. The van der Waals surface area contributed by atoms with Gasteiger partial charge >= 0.3 is 0 Å². The van der Waals surface area contributed by atoms with Gasteiger partial charge in [0.2, 0.25) is 0 Å². The molecule has 2 nitrogen and oxygen atoms in total. The lowest BCUT2D eigenvalue weighted by atomic mass is 9.87. The molecule has 0 aliphatic heterocycles. The molecular formula is C77H56N2. The van der Waals surface area contributed by atoms with E-state index in [1.807, 2.05) is 0 Å². The van der Waals surface area contributed by atoms with Crippen molar-refractivity contribution < 1.29 is 0 Å². The molecule has 0 atom stereocenters. The molecule has 0 aliphatic carbocycles. The molecule has 0 N–H and O–H groups in total. The normalized spacial score (nSPS) is 11.5. The van der Waals surface area contributed by atoms with E-state index in [9.17, 15) is 0 Å². The lowest BCUT2D eigenvalue weighted by Crippen LogP contribution is -2.15. The van der Waals surface area contributed by atoms with E-state index >= 15 is 0 Å². The Labute approximate surface area is 463 Å². The van der Waals surface area contributed by atoms with Crippen LogP contribution in [0.25, 0.3) is 88.0 Å². The number of allylic oxidation sites excluding steroid dienone is 4. The van der Waals surface area contributed by atoms with Crippen molar-refractivity contribution in [3.8, 4) is 55.6 Å². The summed E-state index contributed by atoms with van der Waals surface area (Å²) >= 11 is 0. The zero-order chi connectivity index (χ0) is 52.9. The highest BCUT2D eigenvalue weighted by molar-refractivity contribution is 6.27. The zero-order valence-corrected chi connectivity index (χ0v) is 43.8. The van der Waals surface area contributed by atoms with E-state index in [0.717, 1.165) is 57.2 Å². The van der Waals surface area contributed by atoms with E-state index in [1.54, 1.807) is 0 Å². The van der Waals surface area contributed by atoms with Crippen LogP contribution in [0.2, 0.25) is 0 Å². The highest BCUT2D eigenvalue weighted by Crippen LogP contribution is 2.47. The molecule has 0 fully saturated rings. The van der Waals surface area contributed by atoms with Crippen LogP contribution >= 0.6 is 0 Å². The molecule has 0 unspecified atom stereocenters. The summed E-state index contributed by atoms with van der Waals surface area (Å²) in [5, 5.41) is 7.52. The maximum Gasteiger partial charge on any atom is 0.0540 e. The smallest absolute Gasteiger partial charge is 0.0540 e. The molecule has 0 bridgehead atoms. The van der Waals surface area contributed by atoms with Crippen molar-refractivity contribution in [1.82, 2.24) is 0 Å². The summed E-state index contributed by atoms with van der Waals surface area (Å²) in [5.74, 6) is 0. The second-order valence-corrected chi connectivity index (χ2v) is 20.0. The molecule has 13 rings (SSSR count). The molecule has 2 heteroatoms. The molecule has 0 heterocycles. The average Bonchev–Trinajstić information content (AvgIpc) is 3.71. The monoisotopic (exact) mass is 1010 g/mol. The standard InChI is InChI=1S/C77H56N2/c1-55(23-7-2-8-24-56-25-9-3-10-26-56)78(73-36-20-17-33-68(73)57-27-11-4-12-28-57)64-47-39-60(40-48-64)66-51-43-62-46-54-72-67(52-44-63-45-53-71(66)76(62)77(63)72)61-41-49-65(50-42-61)79(74-37-21-18-34-69(74)58-29-13-5-14-30-58)75-38-22-19-35-70(75)59-31-15-6-16-32-59/h2-23,25-54H,1,24H2/b8-2-,23-7-. The van der Waals surface area contributed by atoms with Crippen LogP contribution in [0.15, 0.2) is 328 Å². The predicted molar refractivity (Wildman–Crippen MR) is 338 cm³/mol. The van der Waals surface area contributed by atoms with E-state index in [4.69, 9.17) is 0 Å². The van der Waals surface area contributed by atoms with Gasteiger partial charge in [-0.2, -0.15) is 0 Å². The Bertz CT molecular complexity index is 4230. The molecule has 0 radical (unpaired) electrons. The summed E-state index contributed by atoms with van der Waals surface area (Å²) < 4.78 is 0. The lowest BCUT2D eigenvalue weighted by molar-refractivity contribution is 1.22. The first-order chi connectivity index (χ1) is 39.1. The number of anilines is 5. The van der Waals surface area contributed by atoms with Gasteiger partial charge in [0, 0.05) is 33.8 Å². The Kier molecular flexibility index (Phi) is 13.3. The highest BCUT2D eigenvalue weighted by Gasteiger charge is 2.22. The third-order valence-corrected chi connectivity index (χ3v) is 15.2. The van der Waals surface area contributed by atoms with Crippen molar-refractivity contribution >= 4 is 60.8 Å². The van der Waals surface area contributed by atoms with Gasteiger partial charge in [-0.05, 0) is 132 Å². The summed E-state index contributed by atoms with van der Waals surface area (Å²) in [5.41, 5.74) is 19.3. The van der Waals surface area contributed by atoms with Crippen LogP contribution in [0.3, 0.4) is 0 Å². The SMILES string of the molecule is C=C(/C=C\C=C/Cc1ccccc1)N(c1ccc(-c2ccc3ccc4c(-c5ccc(N(c6ccccc6-c6ccccc6)c6ccccc6-c6ccccc6)cc5)ccc5ccc2c3c54)cc1)c1ccccc1-c1ccccc1. The fourth-order valence-electron chi connectivity index (χ4n) is 11.5. The topological polar surface area (TPSA) is 6.48 Å². The number of para-hydroxylation sites is 3. The van der Waals surface area contributed by atoms with Gasteiger partial charge < -0.3 is 9.80 Å². The van der Waals surface area contributed by atoms with Crippen LogP contribution in [0.4, 0.5) is 28.4 Å². The minimum Gasteiger partial charge on any atom is -0.310 e. The molecule has 0 spiro atoms. The average molecular weight is 1010 g/mol. The van der Waals surface area contributed by atoms with Gasteiger partial charge in [0.25, 0.3) is 0 Å². The number of benzene rings is 13. The first kappa shape index (κ1) is 48.4. The molecule has 374 valence electrons. The fourth-order valence-corrected chi connectivity index (χ4v) is 11.5. The maximum absolute atomic E-state index is 4.66. The molecular weight excluding hydrogens is 953 g/mol. The van der Waals surface area contributed by atoms with E-state index in [0.29, 0.717) is 0 Å². The Morgan fingerprint density at radius 2 is 0.696 bits per heavy atom. The highest BCUT2D eigenvalue weighted by atomic mass is 15.2. The maximum atomic E-state index is 4.66. The van der Waals surface area contributed by atoms with E-state index in [2.05, 4.69) is 332 Å². The second kappa shape index (κ2) is 21.8. The van der Waals surface area contributed by atoms with E-state index in [1.165, 1.54) is 76.8 Å². The quantitative estimate of drug-likeness (QED) is 0.0746. The van der Waals surface area contributed by atoms with E-state index < -0.39 is 0 Å². The van der Waals surface area contributed by atoms with Gasteiger partial charge in [-0.3, -0.25) is 0 Å². The van der Waals surface area contributed by atoms with Gasteiger partial charge in [0.1, 0.15) is 0 Å². The molecule has 13 aromatic carbocycles. The van der Waals surface area contributed by atoms with Crippen molar-refractivity contribution in [2.24, 2.45) is 0 Å². The summed E-state index contributed by atoms with van der Waals surface area (Å²) in [4.78, 5) is 4.70. The fraction of sp³-hybridized carbons (Fsp3) is 0.0130. The minimum absolute atomic E-state index is 0.868. The summed E-state index contributed by atoms with van der Waals surface area (Å²) in [6, 6.07) is 105. The summed E-state index contributed by atoms with van der Waals surface area (Å²) in [6.07, 6.45) is 9.38. The van der Waals surface area contributed by atoms with Crippen LogP contribution in [0, 0.1) is 0 Å². The molecule has 13 aromatic rings. The Morgan fingerprint density at radius 1 is 0.316 bits per heavy atom. The third-order valence-electron chi connectivity index (χ3n) is 15.2. The number of hydrogen-bond acceptors (Lipinski definition) is 2. The Morgan fingerprint density at radius 3 is 1.18 bits per heavy atom. The molecule has 0 amide bonds. The van der Waals surface area contributed by atoms with Crippen LogP contribution < -0.4 is 9.80 Å². The molecule has 0 aromatic heterocycles. The van der Waals surface area contributed by atoms with Crippen LogP contribution in [0.1, 0.15) is 5.56 Å². The molecule has 0 saturated carbocycles. The third kappa shape index (κ3) is 9.58. The Balaban J connectivity index is 0.865. The predicted octanol–water partition coefficient (Wildman–Crippen LogP) is 21.4. The van der Waals surface area contributed by atoms with Crippen molar-refractivity contribution in [1.29, 1.82) is 0 Å². The lowest BCUT2D eigenvalue weighted by Gasteiger charge is -2.30. The summed E-state index contributed by atoms with van der Waals surface area (Å²) in [7, 11) is 0. The molecule has 79 heavy (non-hydrogen) atoms. The van der Waals surface area contributed by atoms with E-state index in [-0.39, 0.29) is 0 Å². The first-order valence-electron chi connectivity index (χ1n) is 27.2. The van der Waals surface area contributed by atoms with Gasteiger partial charge in [-0.15, -0.1) is 0 Å². The largest absolute Gasteiger partial charge is 0.310 e. The Hall–Kier alpha value is -10.3. The number of rotatable bonds is 15.